The van der Waals surface area contributed by atoms with Crippen LogP contribution in [0.25, 0.3) is 0 Å². The Morgan fingerprint density at radius 3 is 2.53 bits per heavy atom. The lowest BCUT2D eigenvalue weighted by Crippen LogP contribution is -2.40. The van der Waals surface area contributed by atoms with Gasteiger partial charge in [0.25, 0.3) is 0 Å². The topological polar surface area (TPSA) is 109 Å². The number of nitrogens with one attached hydrogen (secondary N) is 1. The van der Waals surface area contributed by atoms with E-state index in [1.165, 1.54) is 11.4 Å². The summed E-state index contributed by atoms with van der Waals surface area (Å²) in [5.74, 6) is 0.244. The van der Waals surface area contributed by atoms with Crippen LogP contribution in [-0.4, -0.2) is 52.0 Å². The normalized spacial score (nSPS) is 14.7. The van der Waals surface area contributed by atoms with Crippen molar-refractivity contribution in [2.24, 2.45) is 0 Å². The first-order chi connectivity index (χ1) is 14.4. The zero-order chi connectivity index (χ0) is 21.6. The van der Waals surface area contributed by atoms with Crippen LogP contribution >= 0.6 is 0 Å². The summed E-state index contributed by atoms with van der Waals surface area (Å²) in [5, 5.41) is 11.8. The van der Waals surface area contributed by atoms with Gasteiger partial charge in [0.15, 0.2) is 0 Å². The number of morpholine rings is 1. The molecule has 1 fully saturated rings. The first-order valence-corrected chi connectivity index (χ1v) is 10.9. The summed E-state index contributed by atoms with van der Waals surface area (Å²) < 4.78 is 37.1. The number of nitrogens with zero attached hydrogens (tertiary/aromatic N) is 2. The number of amides is 1. The molecule has 0 unspecified atom stereocenters. The number of sulfonamides is 1. The molecule has 0 saturated carbocycles. The van der Waals surface area contributed by atoms with Gasteiger partial charge in [-0.05, 0) is 42.3 Å². The third-order valence-electron chi connectivity index (χ3n) is 4.77. The average Bonchev–Trinajstić information content (AvgIpc) is 2.78. The van der Waals surface area contributed by atoms with Crippen LogP contribution in [0.5, 0.6) is 5.75 Å². The summed E-state index contributed by atoms with van der Waals surface area (Å²) in [4.78, 5) is 12.6. The molecule has 30 heavy (non-hydrogen) atoms. The molecule has 1 aliphatic heterocycles. The van der Waals surface area contributed by atoms with Gasteiger partial charge in [-0.15, -0.1) is 0 Å². The van der Waals surface area contributed by atoms with Gasteiger partial charge < -0.3 is 14.8 Å². The molecule has 1 aliphatic rings. The van der Waals surface area contributed by atoms with E-state index in [0.717, 1.165) is 5.56 Å². The molecule has 0 aliphatic carbocycles. The monoisotopic (exact) mass is 429 g/mol. The van der Waals surface area contributed by atoms with Crippen LogP contribution in [0.2, 0.25) is 0 Å². The van der Waals surface area contributed by atoms with Gasteiger partial charge in [0.1, 0.15) is 5.75 Å². The second kappa shape index (κ2) is 9.71. The van der Waals surface area contributed by atoms with Crippen LogP contribution in [0.4, 0.5) is 5.69 Å². The number of anilines is 1. The number of hydrogen-bond donors (Lipinski definition) is 1. The minimum atomic E-state index is -3.53. The van der Waals surface area contributed by atoms with E-state index in [1.807, 2.05) is 6.07 Å². The first-order valence-electron chi connectivity index (χ1n) is 9.49. The maximum Gasteiger partial charge on any atom is 0.243 e. The summed E-state index contributed by atoms with van der Waals surface area (Å²) >= 11 is 0. The van der Waals surface area contributed by atoms with Gasteiger partial charge in [-0.25, -0.2) is 8.42 Å². The van der Waals surface area contributed by atoms with Crippen molar-refractivity contribution in [1.29, 1.82) is 5.26 Å². The Kier molecular flexibility index (Phi) is 7.05. The Morgan fingerprint density at radius 2 is 1.90 bits per heavy atom. The summed E-state index contributed by atoms with van der Waals surface area (Å²) in [6.45, 7) is 1.49. The molecule has 158 valence electrons. The van der Waals surface area contributed by atoms with Crippen LogP contribution in [0.1, 0.15) is 17.5 Å². The summed E-state index contributed by atoms with van der Waals surface area (Å²) in [6.07, 6.45) is 0.652. The fourth-order valence-corrected chi connectivity index (χ4v) is 4.52. The van der Waals surface area contributed by atoms with Crippen LogP contribution in [0.15, 0.2) is 47.4 Å². The Labute approximate surface area is 176 Å². The fraction of sp³-hybridized carbons (Fsp3) is 0.333. The molecule has 0 radical (unpaired) electrons. The minimum absolute atomic E-state index is 0.204. The predicted molar refractivity (Wildman–Crippen MR) is 111 cm³/mol. The number of nitriles is 1. The number of carbonyl (C=O) groups excluding carboxylic acids is 1. The number of hydrogen-bond acceptors (Lipinski definition) is 6. The van der Waals surface area contributed by atoms with Crippen molar-refractivity contribution in [2.45, 2.75) is 17.7 Å². The number of methoxy groups -OCH3 is 1. The fourth-order valence-electron chi connectivity index (χ4n) is 3.11. The van der Waals surface area contributed by atoms with E-state index >= 15 is 0 Å². The molecule has 0 spiro atoms. The maximum atomic E-state index is 12.7. The van der Waals surface area contributed by atoms with Gasteiger partial charge in [-0.1, -0.05) is 12.1 Å². The van der Waals surface area contributed by atoms with Gasteiger partial charge >= 0.3 is 0 Å². The van der Waals surface area contributed by atoms with Gasteiger partial charge in [-0.2, -0.15) is 9.57 Å². The zero-order valence-electron chi connectivity index (χ0n) is 16.6. The molecule has 1 amide bonds. The zero-order valence-corrected chi connectivity index (χ0v) is 17.4. The van der Waals surface area contributed by atoms with Crippen molar-refractivity contribution in [3.8, 4) is 11.8 Å². The van der Waals surface area contributed by atoms with Crippen LogP contribution in [0, 0.1) is 11.3 Å². The smallest absolute Gasteiger partial charge is 0.243 e. The lowest BCUT2D eigenvalue weighted by atomic mass is 10.1. The van der Waals surface area contributed by atoms with E-state index in [1.54, 1.807) is 42.5 Å². The molecular formula is C21H23N3O5S. The highest BCUT2D eigenvalue weighted by Gasteiger charge is 2.26. The molecule has 3 rings (SSSR count). The third-order valence-corrected chi connectivity index (χ3v) is 6.69. The highest BCUT2D eigenvalue weighted by Crippen LogP contribution is 2.25. The number of benzene rings is 2. The lowest BCUT2D eigenvalue weighted by molar-refractivity contribution is -0.116. The van der Waals surface area contributed by atoms with E-state index in [-0.39, 0.29) is 17.2 Å². The van der Waals surface area contributed by atoms with Crippen LogP contribution in [0.3, 0.4) is 0 Å². The van der Waals surface area contributed by atoms with Crippen LogP contribution < -0.4 is 10.1 Å². The van der Waals surface area contributed by atoms with Crippen molar-refractivity contribution in [2.75, 3.05) is 38.7 Å². The second-order valence-electron chi connectivity index (χ2n) is 6.74. The SMILES string of the molecule is COc1ccc(C#N)cc1NC(=O)CCc1ccc(S(=O)(=O)N2CCOCC2)cc1. The predicted octanol–water partition coefficient (Wildman–Crippen LogP) is 2.16. The van der Waals surface area contributed by atoms with Crippen molar-refractivity contribution in [1.82, 2.24) is 4.31 Å². The Hall–Kier alpha value is -2.93. The van der Waals surface area contributed by atoms with E-state index in [4.69, 9.17) is 14.7 Å². The molecule has 9 heteroatoms. The minimum Gasteiger partial charge on any atom is -0.495 e. The molecule has 0 bridgehead atoms. The van der Waals surface area contributed by atoms with E-state index in [2.05, 4.69) is 5.32 Å². The highest BCUT2D eigenvalue weighted by atomic mass is 32.2. The number of rotatable bonds is 7. The van der Waals surface area contributed by atoms with Gasteiger partial charge in [0.05, 0.1) is 42.5 Å². The molecule has 8 nitrogen and oxygen atoms in total. The number of ether oxygens (including phenoxy) is 2. The summed E-state index contributed by atoms with van der Waals surface area (Å²) in [6, 6.07) is 13.4. The highest BCUT2D eigenvalue weighted by molar-refractivity contribution is 7.89. The molecule has 2 aromatic carbocycles. The Morgan fingerprint density at radius 1 is 1.20 bits per heavy atom. The van der Waals surface area contributed by atoms with Crippen molar-refractivity contribution >= 4 is 21.6 Å². The van der Waals surface area contributed by atoms with E-state index in [9.17, 15) is 13.2 Å². The summed E-state index contributed by atoms with van der Waals surface area (Å²) in [5.41, 5.74) is 1.71. The maximum absolute atomic E-state index is 12.7. The van der Waals surface area contributed by atoms with E-state index < -0.39 is 10.0 Å². The molecule has 2 aromatic rings. The standard InChI is InChI=1S/C21H23N3O5S/c1-28-20-8-4-17(15-22)14-19(20)23-21(25)9-5-16-2-6-18(7-3-16)30(26,27)24-10-12-29-13-11-24/h2-4,6-8,14H,5,9-13H2,1H3,(H,23,25). The van der Waals surface area contributed by atoms with Gasteiger partial charge in [0.2, 0.25) is 15.9 Å². The van der Waals surface area contributed by atoms with E-state index in [0.29, 0.717) is 49.7 Å². The largest absolute Gasteiger partial charge is 0.495 e. The Balaban J connectivity index is 1.60. The second-order valence-corrected chi connectivity index (χ2v) is 8.67. The van der Waals surface area contributed by atoms with Crippen molar-refractivity contribution in [3.05, 3.63) is 53.6 Å². The van der Waals surface area contributed by atoms with Crippen molar-refractivity contribution in [3.63, 3.8) is 0 Å². The summed E-state index contributed by atoms with van der Waals surface area (Å²) in [7, 11) is -2.04. The third kappa shape index (κ3) is 5.16. The van der Waals surface area contributed by atoms with Crippen molar-refractivity contribution < 1.29 is 22.7 Å². The Bertz CT molecular complexity index is 1040. The first kappa shape index (κ1) is 21.8. The molecule has 0 atom stereocenters. The molecule has 1 heterocycles. The average molecular weight is 429 g/mol. The molecule has 1 saturated heterocycles. The lowest BCUT2D eigenvalue weighted by Gasteiger charge is -2.26. The molecule has 1 N–H and O–H groups in total. The quantitative estimate of drug-likeness (QED) is 0.722. The molecular weight excluding hydrogens is 406 g/mol. The van der Waals surface area contributed by atoms with Crippen LogP contribution in [-0.2, 0) is 26.0 Å². The van der Waals surface area contributed by atoms with Gasteiger partial charge in [0, 0.05) is 19.5 Å². The van der Waals surface area contributed by atoms with Gasteiger partial charge in [-0.3, -0.25) is 4.79 Å². The number of carbonyl (C=O) groups is 1. The number of aryl methyl sites for hydroxylation is 1. The molecule has 0 aromatic heterocycles.